The van der Waals surface area contributed by atoms with E-state index in [1.807, 2.05) is 26.0 Å². The Morgan fingerprint density at radius 1 is 0.947 bits per heavy atom. The minimum atomic E-state index is -6.30. The van der Waals surface area contributed by atoms with Crippen LogP contribution in [0.4, 0.5) is 11.9 Å². The molecule has 0 spiro atoms. The average molecular weight is 870 g/mol. The number of hydrogen-bond acceptors (Lipinski definition) is 22. The molecule has 0 radical (unpaired) electrons. The molecule has 0 amide bonds. The highest BCUT2D eigenvalue weighted by atomic mass is 31.3. The Balaban J connectivity index is 1.08. The van der Waals surface area contributed by atoms with Gasteiger partial charge in [-0.3, -0.25) is 47.3 Å². The van der Waals surface area contributed by atoms with Crippen molar-refractivity contribution in [2.24, 2.45) is 7.05 Å². The summed E-state index contributed by atoms with van der Waals surface area (Å²) in [4.78, 5) is 80.9. The van der Waals surface area contributed by atoms with Crippen molar-refractivity contribution < 1.29 is 74.8 Å². The number of nitrogens with one attached hydrogen (secondary N) is 2. The van der Waals surface area contributed by atoms with E-state index in [-0.39, 0.29) is 47.3 Å². The van der Waals surface area contributed by atoms with Crippen molar-refractivity contribution in [3.8, 4) is 0 Å². The summed E-state index contributed by atoms with van der Waals surface area (Å²) in [5, 5.41) is 21.0. The molecule has 5 unspecified atom stereocenters. The van der Waals surface area contributed by atoms with E-state index in [0.717, 1.165) is 10.9 Å². The van der Waals surface area contributed by atoms with Gasteiger partial charge >= 0.3 is 5.65 Å². The number of phosphoric acid groups is 3. The van der Waals surface area contributed by atoms with Crippen LogP contribution in [0.15, 0.2) is 22.2 Å². The van der Waals surface area contributed by atoms with Gasteiger partial charge in [-0.1, -0.05) is 4.98 Å². The Hall–Kier alpha value is -3.53. The molecule has 2 fully saturated rings. The van der Waals surface area contributed by atoms with Crippen LogP contribution in [-0.2, 0) is 47.9 Å². The number of anilines is 2. The molecule has 2 aliphatic heterocycles. The number of aryl methyl sites for hydroxylation is 1. The minimum Gasteiger partial charge on any atom is -0.756 e. The first kappa shape index (κ1) is 43.1. The molecule has 4 aromatic rings. The molecule has 4 aromatic heterocycles. The number of aromatic nitrogens is 8. The number of fused-ring (bicyclic) bond motifs is 2. The van der Waals surface area contributed by atoms with E-state index >= 15 is 0 Å². The zero-order valence-electron chi connectivity index (χ0n) is 30.5. The van der Waals surface area contributed by atoms with Crippen LogP contribution >= 0.6 is 23.5 Å². The third kappa shape index (κ3) is 10.0. The summed E-state index contributed by atoms with van der Waals surface area (Å²) in [5.41, 5.74) is 10.1. The first-order chi connectivity index (χ1) is 26.4. The van der Waals surface area contributed by atoms with Crippen molar-refractivity contribution >= 4 is 57.7 Å². The summed E-state index contributed by atoms with van der Waals surface area (Å²) < 4.78 is 71.0. The standard InChI is InChI=1S/C26H41N12O16P3/c1-34-12-37(21-17(34)23(42)33-26(28)31-21)15-8-35(5-6-38(2,3)4)7-13(51-15)9-49-55(43,44)53-57(47,48)54-56(45,46)50-10-14-18(39)19(40)24(52-14)36-11-29-16-20(36)30-25(27)32-22(16)41/h11-15,18-19,24,39-40H,5-10H2,1-4H3,(H7-2,27,28,30,31,32,33,41,42,43,44,45,46,47,48)/p-1/t13?,14-,15?,18-,19-,24-/m1/s1. The smallest absolute Gasteiger partial charge is 0.313 e. The molecule has 0 aliphatic carbocycles. The number of likely N-dealkylation sites (N-methyl/N-ethyl adjacent to an activating group) is 1. The lowest BCUT2D eigenvalue weighted by molar-refractivity contribution is -0.870. The number of aliphatic hydroxyl groups excluding tert-OH is 2. The van der Waals surface area contributed by atoms with Gasteiger partial charge in [-0.2, -0.15) is 4.98 Å². The fourth-order valence-electron chi connectivity index (χ4n) is 6.11. The van der Waals surface area contributed by atoms with Crippen LogP contribution in [0, 0.1) is 0 Å². The summed E-state index contributed by atoms with van der Waals surface area (Å²) in [6.45, 7) is -0.483. The fraction of sp³-hybridized carbons (Fsp3) is 0.615. The van der Waals surface area contributed by atoms with Crippen LogP contribution in [-0.4, -0.2) is 139 Å². The highest BCUT2D eigenvalue weighted by molar-refractivity contribution is 7.65. The number of aliphatic hydroxyl groups is 2. The maximum Gasteiger partial charge on any atom is 0.313 e. The third-order valence-electron chi connectivity index (χ3n) is 8.69. The van der Waals surface area contributed by atoms with E-state index in [4.69, 9.17) is 25.5 Å². The predicted octanol–water partition coefficient (Wildman–Crippen LogP) is -5.16. The predicted molar refractivity (Wildman–Crippen MR) is 185 cm³/mol. The average Bonchev–Trinajstić information content (AvgIpc) is 3.73. The molecule has 9 atom stereocenters. The van der Waals surface area contributed by atoms with E-state index in [1.165, 1.54) is 15.5 Å². The van der Waals surface area contributed by atoms with E-state index in [2.05, 4.69) is 38.1 Å². The van der Waals surface area contributed by atoms with Crippen molar-refractivity contribution in [1.29, 1.82) is 0 Å². The summed E-state index contributed by atoms with van der Waals surface area (Å²) in [5.74, 6) is -0.468. The lowest BCUT2D eigenvalue weighted by Crippen LogP contribution is -2.57. The summed E-state index contributed by atoms with van der Waals surface area (Å²) in [6.07, 6.45) is -6.15. The van der Waals surface area contributed by atoms with Gasteiger partial charge < -0.3 is 59.4 Å². The third-order valence-corrected chi connectivity index (χ3v) is 12.8. The number of rotatable bonds is 15. The number of nitrogens with zero attached hydrogens (tertiary/aromatic N) is 8. The van der Waals surface area contributed by atoms with Gasteiger partial charge in [0.25, 0.3) is 40.5 Å². The van der Waals surface area contributed by atoms with Crippen LogP contribution in [0.1, 0.15) is 12.5 Å². The van der Waals surface area contributed by atoms with Crippen LogP contribution < -0.4 is 41.8 Å². The lowest BCUT2D eigenvalue weighted by atomic mass is 10.1. The van der Waals surface area contributed by atoms with Gasteiger partial charge in [0, 0.05) is 13.1 Å². The fourth-order valence-corrected chi connectivity index (χ4v) is 9.52. The monoisotopic (exact) mass is 869 g/mol. The Labute approximate surface area is 320 Å². The van der Waals surface area contributed by atoms with E-state index in [1.54, 1.807) is 7.05 Å². The second-order valence-corrected chi connectivity index (χ2v) is 18.7. The van der Waals surface area contributed by atoms with Crippen molar-refractivity contribution in [2.45, 2.75) is 36.9 Å². The number of hydrogen-bond donors (Lipinski definition) is 6. The van der Waals surface area contributed by atoms with Gasteiger partial charge in [0.1, 0.15) is 18.3 Å². The quantitative estimate of drug-likeness (QED) is 0.0369. The molecule has 8 N–H and O–H groups in total. The molecule has 0 aromatic carbocycles. The van der Waals surface area contributed by atoms with E-state index in [9.17, 15) is 48.2 Å². The largest absolute Gasteiger partial charge is 0.756 e. The second kappa shape index (κ2) is 15.9. The molecule has 316 valence electrons. The Morgan fingerprint density at radius 2 is 1.58 bits per heavy atom. The Morgan fingerprint density at radius 3 is 2.25 bits per heavy atom. The topological polar surface area (TPSA) is 390 Å². The first-order valence-corrected chi connectivity index (χ1v) is 21.1. The summed E-state index contributed by atoms with van der Waals surface area (Å²) in [6, 6.07) is 0. The Kier molecular flexibility index (Phi) is 12.0. The molecule has 6 rings (SSSR count). The molecule has 0 bridgehead atoms. The van der Waals surface area contributed by atoms with Crippen LogP contribution in [0.25, 0.3) is 22.3 Å². The number of aromatic amines is 2. The number of quaternary nitrogens is 1. The summed E-state index contributed by atoms with van der Waals surface area (Å²) in [7, 11) is -10.7. The van der Waals surface area contributed by atoms with Gasteiger partial charge in [-0.05, 0) is 0 Å². The van der Waals surface area contributed by atoms with Gasteiger partial charge in [0.15, 0.2) is 29.9 Å². The van der Waals surface area contributed by atoms with Crippen molar-refractivity contribution in [1.82, 2.24) is 39.0 Å². The van der Waals surface area contributed by atoms with Crippen LogP contribution in [0.2, 0.25) is 0 Å². The number of morpholine rings is 1. The minimum absolute atomic E-state index is 0.0949. The number of phosphoric ester groups is 2. The number of ether oxygens (including phenoxy) is 2. The number of imidazole rings is 2. The van der Waals surface area contributed by atoms with Crippen LogP contribution in [0.3, 0.4) is 0 Å². The number of nitrogen functional groups attached to an aromatic ring is 2. The van der Waals surface area contributed by atoms with Crippen molar-refractivity contribution in [3.63, 3.8) is 0 Å². The highest BCUT2D eigenvalue weighted by Gasteiger charge is 2.45. The summed E-state index contributed by atoms with van der Waals surface area (Å²) >= 11 is 0. The molecule has 6 heterocycles. The maximum atomic E-state index is 12.7. The molecule has 28 nitrogen and oxygen atoms in total. The molecule has 2 aliphatic rings. The maximum absolute atomic E-state index is 12.7. The normalized spacial score (nSPS) is 26.8. The number of H-pyrrole nitrogens is 2. The molecular formula is C26H40N12O16P3-. The zero-order valence-corrected chi connectivity index (χ0v) is 33.2. The zero-order chi connectivity index (χ0) is 41.8. The van der Waals surface area contributed by atoms with Gasteiger partial charge in [-0.15, -0.1) is 0 Å². The SMILES string of the molecule is Cn1c[n+](C2CN(CC[N+](C)(C)C)CC(COP(=O)([O-])OP(=O)([O-])OP(=O)([O-])OC[C@H]3O[C@@H](n4cnc5c(=O)[nH]c(N)nc54)[C@H](O)[C@@H]3O)O2)c2nc(N)[nH]c(=O)c21. The highest BCUT2D eigenvalue weighted by Crippen LogP contribution is 2.63. The molecule has 57 heavy (non-hydrogen) atoms. The molecular weight excluding hydrogens is 829 g/mol. The van der Waals surface area contributed by atoms with E-state index < -0.39 is 84.7 Å². The van der Waals surface area contributed by atoms with Crippen molar-refractivity contribution in [2.75, 3.05) is 72.0 Å². The second-order valence-electron chi connectivity index (χ2n) is 14.2. The first-order valence-electron chi connectivity index (χ1n) is 16.7. The van der Waals surface area contributed by atoms with Crippen LogP contribution in [0.5, 0.6) is 0 Å². The number of nitrogens with two attached hydrogens (primary N) is 2. The molecule has 31 heteroatoms. The lowest BCUT2D eigenvalue weighted by Gasteiger charge is -2.39. The Bertz CT molecular complexity index is 2400. The molecule has 0 saturated carbocycles. The van der Waals surface area contributed by atoms with Crippen molar-refractivity contribution in [3.05, 3.63) is 33.4 Å². The molecule has 2 saturated heterocycles. The van der Waals surface area contributed by atoms with E-state index in [0.29, 0.717) is 17.6 Å². The van der Waals surface area contributed by atoms with Gasteiger partial charge in [0.05, 0.1) is 66.9 Å². The van der Waals surface area contributed by atoms with Gasteiger partial charge in [0.2, 0.25) is 11.5 Å². The van der Waals surface area contributed by atoms with Gasteiger partial charge in [-0.25, -0.2) is 18.2 Å².